The van der Waals surface area contributed by atoms with Crippen molar-refractivity contribution in [1.29, 1.82) is 0 Å². The van der Waals surface area contributed by atoms with E-state index in [0.29, 0.717) is 6.42 Å². The maximum Gasteiger partial charge on any atom is 0.220 e. The molecule has 2 N–H and O–H groups in total. The summed E-state index contributed by atoms with van der Waals surface area (Å²) < 4.78 is 5.48. The average Bonchev–Trinajstić information content (AvgIpc) is 2.99. The molecule has 0 radical (unpaired) electrons. The molecule has 7 nitrogen and oxygen atoms in total. The summed E-state index contributed by atoms with van der Waals surface area (Å²) in [4.78, 5) is 21.6. The van der Waals surface area contributed by atoms with Gasteiger partial charge < -0.3 is 20.3 Å². The number of likely N-dealkylation sites (tertiary alicyclic amines) is 1. The van der Waals surface area contributed by atoms with E-state index >= 15 is 0 Å². The molecule has 26 heavy (non-hydrogen) atoms. The summed E-state index contributed by atoms with van der Waals surface area (Å²) in [6.45, 7) is 14.6. The summed E-state index contributed by atoms with van der Waals surface area (Å²) in [5, 5.41) is 6.50. The molecule has 3 saturated heterocycles. The van der Waals surface area contributed by atoms with E-state index in [1.165, 1.54) is 0 Å². The molecule has 3 aliphatic rings. The summed E-state index contributed by atoms with van der Waals surface area (Å²) in [7, 11) is 0. The predicted molar refractivity (Wildman–Crippen MR) is 103 cm³/mol. The fourth-order valence-corrected chi connectivity index (χ4v) is 4.39. The molecular weight excluding hydrogens is 330 g/mol. The number of morpholine rings is 1. The Bertz CT molecular complexity index is 530. The molecule has 3 fully saturated rings. The number of ether oxygens (including phenoxy) is 1. The van der Waals surface area contributed by atoms with Gasteiger partial charge in [-0.05, 0) is 33.6 Å². The van der Waals surface area contributed by atoms with Crippen LogP contribution in [0.1, 0.15) is 40.0 Å². The smallest absolute Gasteiger partial charge is 0.220 e. The van der Waals surface area contributed by atoms with Gasteiger partial charge in [-0.1, -0.05) is 0 Å². The lowest BCUT2D eigenvalue weighted by Crippen LogP contribution is -2.54. The topological polar surface area (TPSA) is 69.2 Å². The fourth-order valence-electron chi connectivity index (χ4n) is 4.39. The van der Waals surface area contributed by atoms with Crippen LogP contribution in [-0.4, -0.2) is 86.2 Å². The first-order valence-electron chi connectivity index (χ1n) is 10.1. The Morgan fingerprint density at radius 3 is 2.77 bits per heavy atom. The van der Waals surface area contributed by atoms with Crippen LogP contribution in [0.2, 0.25) is 0 Å². The molecule has 0 aromatic heterocycles. The largest absolute Gasteiger partial charge is 0.379 e. The molecule has 0 saturated carbocycles. The molecule has 1 spiro atoms. The zero-order valence-electron chi connectivity index (χ0n) is 16.6. The van der Waals surface area contributed by atoms with Crippen molar-refractivity contribution in [1.82, 2.24) is 20.4 Å². The van der Waals surface area contributed by atoms with Gasteiger partial charge in [0.25, 0.3) is 0 Å². The molecular formula is C19H35N5O2. The first kappa shape index (κ1) is 19.4. The second-order valence-corrected chi connectivity index (χ2v) is 8.56. The minimum Gasteiger partial charge on any atom is -0.379 e. The summed E-state index contributed by atoms with van der Waals surface area (Å²) >= 11 is 0. The summed E-state index contributed by atoms with van der Waals surface area (Å²) in [5.74, 6) is 1.19. The van der Waals surface area contributed by atoms with Crippen molar-refractivity contribution >= 4 is 11.9 Å². The van der Waals surface area contributed by atoms with Crippen LogP contribution in [0.5, 0.6) is 0 Å². The highest BCUT2D eigenvalue weighted by molar-refractivity contribution is 5.81. The van der Waals surface area contributed by atoms with Gasteiger partial charge in [0, 0.05) is 56.6 Å². The van der Waals surface area contributed by atoms with Crippen LogP contribution in [-0.2, 0) is 9.53 Å². The van der Waals surface area contributed by atoms with Crippen LogP contribution in [0.25, 0.3) is 0 Å². The van der Waals surface area contributed by atoms with Crippen LogP contribution >= 0.6 is 0 Å². The number of carbonyl (C=O) groups is 1. The Labute approximate surface area is 157 Å². The van der Waals surface area contributed by atoms with Crippen molar-refractivity contribution in [3.63, 3.8) is 0 Å². The molecule has 3 aliphatic heterocycles. The van der Waals surface area contributed by atoms with E-state index < -0.39 is 0 Å². The highest BCUT2D eigenvalue weighted by atomic mass is 16.5. The fraction of sp³-hybridized carbons (Fsp3) is 0.895. The maximum absolute atomic E-state index is 11.8. The molecule has 7 heteroatoms. The van der Waals surface area contributed by atoms with E-state index in [1.807, 2.05) is 0 Å². The van der Waals surface area contributed by atoms with Crippen LogP contribution < -0.4 is 10.6 Å². The number of guanidine groups is 1. The lowest BCUT2D eigenvalue weighted by atomic mass is 9.79. The molecule has 0 aromatic carbocycles. The van der Waals surface area contributed by atoms with Gasteiger partial charge in [-0.25, -0.2) is 0 Å². The first-order valence-corrected chi connectivity index (χ1v) is 10.1. The van der Waals surface area contributed by atoms with Gasteiger partial charge in [0.1, 0.15) is 0 Å². The second kappa shape index (κ2) is 8.13. The van der Waals surface area contributed by atoms with Gasteiger partial charge in [-0.15, -0.1) is 0 Å². The van der Waals surface area contributed by atoms with Crippen LogP contribution in [0.15, 0.2) is 4.99 Å². The number of aliphatic imine (C=N–C) groups is 1. The van der Waals surface area contributed by atoms with Gasteiger partial charge in [-0.3, -0.25) is 14.7 Å². The molecule has 1 unspecified atom stereocenters. The van der Waals surface area contributed by atoms with Crippen molar-refractivity contribution in [2.45, 2.75) is 45.6 Å². The van der Waals surface area contributed by atoms with Gasteiger partial charge in [-0.2, -0.15) is 0 Å². The zero-order chi connectivity index (χ0) is 18.6. The SMILES string of the molecule is CCNC(=NCC(C)(C)N1CCOCC1)N1CCCC2(CNC(=O)C2)C1. The summed E-state index contributed by atoms with van der Waals surface area (Å²) in [6.07, 6.45) is 2.90. The number of nitrogens with one attached hydrogen (secondary N) is 2. The number of carbonyl (C=O) groups excluding carboxylic acids is 1. The molecule has 3 rings (SSSR count). The number of rotatable bonds is 4. The quantitative estimate of drug-likeness (QED) is 0.566. The molecule has 3 heterocycles. The van der Waals surface area contributed by atoms with E-state index in [1.54, 1.807) is 0 Å². The molecule has 0 bridgehead atoms. The average molecular weight is 366 g/mol. The minimum atomic E-state index is 0.0167. The van der Waals surface area contributed by atoms with Gasteiger partial charge in [0.2, 0.25) is 5.91 Å². The molecule has 0 aliphatic carbocycles. The highest BCUT2D eigenvalue weighted by Crippen LogP contribution is 2.36. The molecule has 148 valence electrons. The van der Waals surface area contributed by atoms with Crippen LogP contribution in [0, 0.1) is 5.41 Å². The maximum atomic E-state index is 11.8. The lowest BCUT2D eigenvalue weighted by Gasteiger charge is -2.42. The van der Waals surface area contributed by atoms with Gasteiger partial charge in [0.05, 0.1) is 19.8 Å². The number of hydrogen-bond donors (Lipinski definition) is 2. The number of amides is 1. The Morgan fingerprint density at radius 1 is 1.35 bits per heavy atom. The lowest BCUT2D eigenvalue weighted by molar-refractivity contribution is -0.119. The van der Waals surface area contributed by atoms with Crippen molar-refractivity contribution in [3.8, 4) is 0 Å². The Hall–Kier alpha value is -1.34. The standard InChI is InChI=1S/C19H35N5O2/c1-4-20-17(22-13-18(2,3)24-8-10-26-11-9-24)23-7-5-6-19(15-23)12-16(25)21-14-19/h4-15H2,1-3H3,(H,20,22)(H,21,25). The molecule has 0 aromatic rings. The normalized spacial score (nSPS) is 28.5. The van der Waals surface area contributed by atoms with E-state index in [4.69, 9.17) is 9.73 Å². The minimum absolute atomic E-state index is 0.0167. The highest BCUT2D eigenvalue weighted by Gasteiger charge is 2.42. The van der Waals surface area contributed by atoms with Crippen LogP contribution in [0.3, 0.4) is 0 Å². The first-order chi connectivity index (χ1) is 12.4. The zero-order valence-corrected chi connectivity index (χ0v) is 16.6. The second-order valence-electron chi connectivity index (χ2n) is 8.56. The third kappa shape index (κ3) is 4.49. The molecule has 1 amide bonds. The predicted octanol–water partition coefficient (Wildman–Crippen LogP) is 0.665. The Kier molecular flexibility index (Phi) is 6.07. The summed E-state index contributed by atoms with van der Waals surface area (Å²) in [5.41, 5.74) is 0.105. The van der Waals surface area contributed by atoms with Gasteiger partial charge >= 0.3 is 0 Å². The van der Waals surface area contributed by atoms with Crippen molar-refractivity contribution < 1.29 is 9.53 Å². The third-order valence-electron chi connectivity index (χ3n) is 5.97. The van der Waals surface area contributed by atoms with Crippen molar-refractivity contribution in [3.05, 3.63) is 0 Å². The van der Waals surface area contributed by atoms with E-state index in [-0.39, 0.29) is 16.9 Å². The number of piperidine rings is 1. The Morgan fingerprint density at radius 2 is 2.12 bits per heavy atom. The van der Waals surface area contributed by atoms with E-state index in [0.717, 1.165) is 77.8 Å². The van der Waals surface area contributed by atoms with Crippen molar-refractivity contribution in [2.24, 2.45) is 10.4 Å². The molecule has 1 atom stereocenters. The number of nitrogens with zero attached hydrogens (tertiary/aromatic N) is 3. The van der Waals surface area contributed by atoms with Gasteiger partial charge in [0.15, 0.2) is 5.96 Å². The Balaban J connectivity index is 1.67. The summed E-state index contributed by atoms with van der Waals surface area (Å²) in [6, 6.07) is 0. The van der Waals surface area contributed by atoms with Crippen molar-refractivity contribution in [2.75, 3.05) is 59.0 Å². The monoisotopic (exact) mass is 365 g/mol. The number of hydrogen-bond acceptors (Lipinski definition) is 4. The van der Waals surface area contributed by atoms with E-state index in [9.17, 15) is 4.79 Å². The van der Waals surface area contributed by atoms with E-state index in [2.05, 4.69) is 41.2 Å². The third-order valence-corrected chi connectivity index (χ3v) is 5.97. The van der Waals surface area contributed by atoms with Crippen LogP contribution in [0.4, 0.5) is 0 Å².